The number of nitrogens with zero attached hydrogens (tertiary/aromatic N) is 1. The number of halogens is 1. The minimum Gasteiger partial charge on any atom is -0.489 e. The fourth-order valence-electron chi connectivity index (χ4n) is 2.83. The summed E-state index contributed by atoms with van der Waals surface area (Å²) in [5, 5.41) is 0.490. The smallest absolute Gasteiger partial charge is 0.227 e. The second-order valence-corrected chi connectivity index (χ2v) is 6.72. The van der Waals surface area contributed by atoms with Crippen LogP contribution in [0.25, 0.3) is 0 Å². The molecule has 0 aromatic heterocycles. The molecule has 25 heavy (non-hydrogen) atoms. The Morgan fingerprint density at radius 3 is 2.76 bits per heavy atom. The van der Waals surface area contributed by atoms with E-state index < -0.39 is 0 Å². The van der Waals surface area contributed by atoms with Crippen molar-refractivity contribution in [2.75, 3.05) is 20.3 Å². The van der Waals surface area contributed by atoms with Gasteiger partial charge in [-0.05, 0) is 35.7 Å². The number of benzene rings is 2. The Bertz CT molecular complexity index is 776. The van der Waals surface area contributed by atoms with Gasteiger partial charge in [-0.15, -0.1) is 0 Å². The van der Waals surface area contributed by atoms with Gasteiger partial charge < -0.3 is 14.4 Å². The van der Waals surface area contributed by atoms with E-state index in [1.54, 1.807) is 11.0 Å². The van der Waals surface area contributed by atoms with Gasteiger partial charge in [-0.25, -0.2) is 0 Å². The number of rotatable bonds is 4. The van der Waals surface area contributed by atoms with Crippen LogP contribution in [0.15, 0.2) is 36.4 Å². The molecule has 2 aromatic carbocycles. The predicted octanol–water partition coefficient (Wildman–Crippen LogP) is 4.01. The molecule has 0 saturated heterocycles. The van der Waals surface area contributed by atoms with Gasteiger partial charge in [-0.1, -0.05) is 35.9 Å². The van der Waals surface area contributed by atoms with Crippen LogP contribution in [0.5, 0.6) is 11.5 Å². The molecule has 4 nitrogen and oxygen atoms in total. The molecule has 3 rings (SSSR count). The number of hydrogen-bond donors (Lipinski definition) is 0. The van der Waals surface area contributed by atoms with Crippen LogP contribution in [0.2, 0.25) is 5.02 Å². The molecule has 1 amide bonds. The van der Waals surface area contributed by atoms with E-state index in [1.807, 2.05) is 31.3 Å². The number of hydrogen-bond acceptors (Lipinski definition) is 3. The fourth-order valence-corrected chi connectivity index (χ4v) is 3.11. The fraction of sp³-hybridized carbons (Fsp3) is 0.350. The summed E-state index contributed by atoms with van der Waals surface area (Å²) in [6, 6.07) is 11.7. The number of fused-ring (bicyclic) bond motifs is 1. The molecular formula is C20H22ClNO3. The molecule has 5 heteroatoms. The molecule has 0 saturated carbocycles. The van der Waals surface area contributed by atoms with Gasteiger partial charge >= 0.3 is 0 Å². The molecule has 1 aliphatic rings. The first-order chi connectivity index (χ1) is 12.0. The molecular weight excluding hydrogens is 338 g/mol. The molecule has 0 atom stereocenters. The molecule has 0 bridgehead atoms. The van der Waals surface area contributed by atoms with Crippen LogP contribution in [0.3, 0.4) is 0 Å². The Morgan fingerprint density at radius 1 is 1.20 bits per heavy atom. The number of carbonyl (C=O) groups excluding carboxylic acids is 1. The second kappa shape index (κ2) is 7.79. The van der Waals surface area contributed by atoms with Crippen molar-refractivity contribution in [1.82, 2.24) is 4.90 Å². The highest BCUT2D eigenvalue weighted by molar-refractivity contribution is 6.32. The zero-order valence-electron chi connectivity index (χ0n) is 14.5. The number of amides is 1. The van der Waals surface area contributed by atoms with Crippen LogP contribution in [0, 0.1) is 6.92 Å². The van der Waals surface area contributed by atoms with Gasteiger partial charge in [0.2, 0.25) is 5.91 Å². The summed E-state index contributed by atoms with van der Waals surface area (Å²) in [6.07, 6.45) is 1.09. The Labute approximate surface area is 153 Å². The van der Waals surface area contributed by atoms with Crippen molar-refractivity contribution in [1.29, 1.82) is 0 Å². The molecule has 1 aliphatic heterocycles. The average molecular weight is 360 g/mol. The average Bonchev–Trinajstić information content (AvgIpc) is 2.82. The molecule has 0 unspecified atom stereocenters. The van der Waals surface area contributed by atoms with E-state index in [0.717, 1.165) is 17.5 Å². The largest absolute Gasteiger partial charge is 0.489 e. The maximum Gasteiger partial charge on any atom is 0.227 e. The zero-order chi connectivity index (χ0) is 17.8. The van der Waals surface area contributed by atoms with Gasteiger partial charge in [0.1, 0.15) is 0 Å². The third-order valence-electron chi connectivity index (χ3n) is 4.31. The highest BCUT2D eigenvalue weighted by atomic mass is 35.5. The van der Waals surface area contributed by atoms with Crippen molar-refractivity contribution in [3.05, 3.63) is 58.1 Å². The van der Waals surface area contributed by atoms with Crippen molar-refractivity contribution >= 4 is 17.5 Å². The third kappa shape index (κ3) is 4.26. The van der Waals surface area contributed by atoms with Crippen LogP contribution < -0.4 is 9.47 Å². The normalized spacial score (nSPS) is 13.2. The molecule has 132 valence electrons. The molecule has 2 aromatic rings. The Balaban J connectivity index is 1.71. The first-order valence-corrected chi connectivity index (χ1v) is 8.79. The molecule has 0 N–H and O–H groups in total. The number of likely N-dealkylation sites (N-methyl/N-ethyl adjacent to an activating group) is 1. The lowest BCUT2D eigenvalue weighted by molar-refractivity contribution is -0.129. The summed E-state index contributed by atoms with van der Waals surface area (Å²) < 4.78 is 11.3. The Hall–Kier alpha value is -2.20. The van der Waals surface area contributed by atoms with E-state index >= 15 is 0 Å². The standard InChI is InChI=1S/C20H22ClNO3/c1-14-6-3-4-7-16(14)13-22(2)19(23)12-15-10-17(21)20-18(11-15)24-8-5-9-25-20/h3-4,6-7,10-11H,5,8-9,12-13H2,1-2H3. The summed E-state index contributed by atoms with van der Waals surface area (Å²) >= 11 is 6.30. The molecule has 0 aliphatic carbocycles. The topological polar surface area (TPSA) is 38.8 Å². The lowest BCUT2D eigenvalue weighted by atomic mass is 10.1. The van der Waals surface area contributed by atoms with E-state index in [0.29, 0.717) is 36.3 Å². The lowest BCUT2D eigenvalue weighted by Gasteiger charge is -2.19. The molecule has 0 radical (unpaired) electrons. The summed E-state index contributed by atoms with van der Waals surface area (Å²) in [4.78, 5) is 14.3. The zero-order valence-corrected chi connectivity index (χ0v) is 15.3. The van der Waals surface area contributed by atoms with E-state index in [1.165, 1.54) is 5.56 Å². The summed E-state index contributed by atoms with van der Waals surface area (Å²) in [5.74, 6) is 1.23. The highest BCUT2D eigenvalue weighted by Crippen LogP contribution is 2.38. The number of aryl methyl sites for hydroxylation is 1. The third-order valence-corrected chi connectivity index (χ3v) is 4.59. The Kier molecular flexibility index (Phi) is 5.49. The minimum absolute atomic E-state index is 0.0359. The summed E-state index contributed by atoms with van der Waals surface area (Å²) in [7, 11) is 1.82. The van der Waals surface area contributed by atoms with Gasteiger partial charge in [-0.3, -0.25) is 4.79 Å². The van der Waals surface area contributed by atoms with Crippen molar-refractivity contribution in [2.24, 2.45) is 0 Å². The first kappa shape index (κ1) is 17.6. The Morgan fingerprint density at radius 2 is 1.96 bits per heavy atom. The van der Waals surface area contributed by atoms with Crippen LogP contribution in [-0.4, -0.2) is 31.1 Å². The predicted molar refractivity (Wildman–Crippen MR) is 98.4 cm³/mol. The van der Waals surface area contributed by atoms with Gasteiger partial charge in [-0.2, -0.15) is 0 Å². The highest BCUT2D eigenvalue weighted by Gasteiger charge is 2.18. The molecule has 0 fully saturated rings. The van der Waals surface area contributed by atoms with E-state index in [4.69, 9.17) is 21.1 Å². The van der Waals surface area contributed by atoms with Gasteiger partial charge in [0.05, 0.1) is 24.7 Å². The lowest BCUT2D eigenvalue weighted by Crippen LogP contribution is -2.28. The van der Waals surface area contributed by atoms with E-state index in [-0.39, 0.29) is 12.3 Å². The second-order valence-electron chi connectivity index (χ2n) is 6.31. The maximum absolute atomic E-state index is 12.6. The van der Waals surface area contributed by atoms with Gasteiger partial charge in [0.15, 0.2) is 11.5 Å². The first-order valence-electron chi connectivity index (χ1n) is 8.41. The van der Waals surface area contributed by atoms with Crippen molar-refractivity contribution in [3.63, 3.8) is 0 Å². The van der Waals surface area contributed by atoms with Crippen LogP contribution in [-0.2, 0) is 17.8 Å². The maximum atomic E-state index is 12.6. The summed E-state index contributed by atoms with van der Waals surface area (Å²) in [5.41, 5.74) is 3.16. The number of ether oxygens (including phenoxy) is 2. The van der Waals surface area contributed by atoms with Crippen LogP contribution in [0.4, 0.5) is 0 Å². The minimum atomic E-state index is 0.0359. The van der Waals surface area contributed by atoms with E-state index in [2.05, 4.69) is 13.0 Å². The number of carbonyl (C=O) groups is 1. The quantitative estimate of drug-likeness (QED) is 0.827. The van der Waals surface area contributed by atoms with Crippen LogP contribution in [0.1, 0.15) is 23.1 Å². The van der Waals surface area contributed by atoms with Crippen molar-refractivity contribution in [3.8, 4) is 11.5 Å². The molecule has 1 heterocycles. The SMILES string of the molecule is Cc1ccccc1CN(C)C(=O)Cc1cc(Cl)c2c(c1)OCCCO2. The molecule has 0 spiro atoms. The van der Waals surface area contributed by atoms with Crippen molar-refractivity contribution < 1.29 is 14.3 Å². The van der Waals surface area contributed by atoms with Gasteiger partial charge in [0.25, 0.3) is 0 Å². The summed E-state index contributed by atoms with van der Waals surface area (Å²) in [6.45, 7) is 3.82. The van der Waals surface area contributed by atoms with Gasteiger partial charge in [0, 0.05) is 20.0 Å². The van der Waals surface area contributed by atoms with Crippen LogP contribution >= 0.6 is 11.6 Å². The van der Waals surface area contributed by atoms with Crippen molar-refractivity contribution in [2.45, 2.75) is 26.3 Å². The monoisotopic (exact) mass is 359 g/mol. The van der Waals surface area contributed by atoms with E-state index in [9.17, 15) is 4.79 Å².